The lowest BCUT2D eigenvalue weighted by Crippen LogP contribution is -1.99. The number of fused-ring (bicyclic) bond motifs is 1. The lowest BCUT2D eigenvalue weighted by atomic mass is 10.3. The minimum Gasteiger partial charge on any atom is -0.491 e. The van der Waals surface area contributed by atoms with Crippen molar-refractivity contribution in [3.8, 4) is 5.75 Å². The molecule has 2 heteroatoms. The molecule has 57 valence electrons. The van der Waals surface area contributed by atoms with Crippen molar-refractivity contribution >= 4 is 5.69 Å². The number of rotatable bonds is 0. The van der Waals surface area contributed by atoms with Crippen LogP contribution in [-0.2, 0) is 0 Å². The van der Waals surface area contributed by atoms with Crippen molar-refractivity contribution < 1.29 is 4.74 Å². The maximum absolute atomic E-state index is 5.47. The number of hydrogen-bond acceptors (Lipinski definition) is 2. The molecular weight excluding hydrogens is 138 g/mol. The van der Waals surface area contributed by atoms with Crippen LogP contribution in [-0.4, -0.2) is 13.2 Å². The first kappa shape index (κ1) is 6.53. The van der Waals surface area contributed by atoms with Gasteiger partial charge in [0.2, 0.25) is 0 Å². The number of nitrogens with one attached hydrogen (secondary N) is 1. The lowest BCUT2D eigenvalue weighted by molar-refractivity contribution is 0.323. The molecule has 0 saturated carbocycles. The Morgan fingerprint density at radius 3 is 3.55 bits per heavy atom. The summed E-state index contributed by atoms with van der Waals surface area (Å²) in [7, 11) is 0. The summed E-state index contributed by atoms with van der Waals surface area (Å²) in [5.74, 6) is 0.946. The highest BCUT2D eigenvalue weighted by Crippen LogP contribution is 2.24. The van der Waals surface area contributed by atoms with E-state index in [1.165, 1.54) is 0 Å². The monoisotopic (exact) mass is 148 g/mol. The molecule has 0 unspecified atom stereocenters. The Bertz CT molecular complexity index is 222. The van der Waals surface area contributed by atoms with E-state index < -0.39 is 0 Å². The normalized spacial score (nSPS) is 15.6. The predicted octanol–water partition coefficient (Wildman–Crippen LogP) is 1.68. The Morgan fingerprint density at radius 2 is 2.55 bits per heavy atom. The van der Waals surface area contributed by atoms with Gasteiger partial charge in [0.25, 0.3) is 0 Å². The van der Waals surface area contributed by atoms with Crippen LogP contribution >= 0.6 is 0 Å². The SMILES string of the molecule is [c]1ccc2c(c1)NCCCO2. The van der Waals surface area contributed by atoms with Crippen molar-refractivity contribution in [1.82, 2.24) is 0 Å². The van der Waals surface area contributed by atoms with Crippen molar-refractivity contribution in [2.24, 2.45) is 0 Å². The summed E-state index contributed by atoms with van der Waals surface area (Å²) >= 11 is 0. The van der Waals surface area contributed by atoms with Gasteiger partial charge in [-0.25, -0.2) is 0 Å². The van der Waals surface area contributed by atoms with Gasteiger partial charge in [0, 0.05) is 6.54 Å². The quantitative estimate of drug-likeness (QED) is 0.604. The van der Waals surface area contributed by atoms with Crippen molar-refractivity contribution in [3.63, 3.8) is 0 Å². The molecule has 1 aromatic rings. The molecule has 1 aliphatic rings. The van der Waals surface area contributed by atoms with Gasteiger partial charge >= 0.3 is 0 Å². The minimum absolute atomic E-state index is 0.810. The van der Waals surface area contributed by atoms with Crippen molar-refractivity contribution in [2.45, 2.75) is 6.42 Å². The third-order valence-electron chi connectivity index (χ3n) is 1.72. The Kier molecular flexibility index (Phi) is 1.68. The molecule has 2 rings (SSSR count). The van der Waals surface area contributed by atoms with Crippen molar-refractivity contribution in [2.75, 3.05) is 18.5 Å². The molecule has 1 aliphatic heterocycles. The molecule has 0 aromatic heterocycles. The van der Waals surface area contributed by atoms with E-state index in [4.69, 9.17) is 4.74 Å². The highest BCUT2D eigenvalue weighted by atomic mass is 16.5. The van der Waals surface area contributed by atoms with Crippen LogP contribution in [0.1, 0.15) is 6.42 Å². The van der Waals surface area contributed by atoms with Gasteiger partial charge < -0.3 is 10.1 Å². The maximum atomic E-state index is 5.47. The molecule has 2 nitrogen and oxygen atoms in total. The van der Waals surface area contributed by atoms with E-state index in [0.29, 0.717) is 0 Å². The summed E-state index contributed by atoms with van der Waals surface area (Å²) in [5, 5.41) is 3.27. The number of anilines is 1. The topological polar surface area (TPSA) is 21.3 Å². The molecule has 1 N–H and O–H groups in total. The van der Waals surface area contributed by atoms with Crippen LogP contribution in [0, 0.1) is 6.07 Å². The van der Waals surface area contributed by atoms with Gasteiger partial charge in [-0.2, -0.15) is 0 Å². The standard InChI is InChI=1S/C9H10NO/c1-2-5-9-8(4-1)10-6-3-7-11-9/h2,4-5,10H,3,6-7H2. The van der Waals surface area contributed by atoms with Crippen LogP contribution in [0.2, 0.25) is 0 Å². The first-order valence-electron chi connectivity index (χ1n) is 3.83. The minimum atomic E-state index is 0.810. The summed E-state index contributed by atoms with van der Waals surface area (Å²) < 4.78 is 5.47. The molecule has 0 fully saturated rings. The fourth-order valence-electron chi connectivity index (χ4n) is 1.16. The molecule has 1 aromatic carbocycles. The molecular formula is C9H10NO. The Balaban J connectivity index is 2.33. The first-order chi connectivity index (χ1) is 5.47. The van der Waals surface area contributed by atoms with E-state index in [0.717, 1.165) is 31.0 Å². The van der Waals surface area contributed by atoms with E-state index in [9.17, 15) is 0 Å². The van der Waals surface area contributed by atoms with Gasteiger partial charge in [-0.05, 0) is 24.6 Å². The fourth-order valence-corrected chi connectivity index (χ4v) is 1.16. The fraction of sp³-hybridized carbons (Fsp3) is 0.333. The summed E-state index contributed by atoms with van der Waals surface area (Å²) in [5.41, 5.74) is 1.06. The average molecular weight is 148 g/mol. The van der Waals surface area contributed by atoms with E-state index >= 15 is 0 Å². The van der Waals surface area contributed by atoms with E-state index in [1.807, 2.05) is 18.2 Å². The molecule has 0 amide bonds. The number of benzene rings is 1. The average Bonchev–Trinajstić information content (AvgIpc) is 2.28. The molecule has 11 heavy (non-hydrogen) atoms. The van der Waals surface area contributed by atoms with Crippen LogP contribution in [0.25, 0.3) is 0 Å². The zero-order valence-corrected chi connectivity index (χ0v) is 6.26. The highest BCUT2D eigenvalue weighted by Gasteiger charge is 2.05. The number of ether oxygens (including phenoxy) is 1. The molecule has 0 saturated heterocycles. The summed E-state index contributed by atoms with van der Waals surface area (Å²) in [6, 6.07) is 8.73. The molecule has 0 atom stereocenters. The molecule has 1 radical (unpaired) electrons. The van der Waals surface area contributed by atoms with E-state index in [2.05, 4.69) is 11.4 Å². The number of hydrogen-bond donors (Lipinski definition) is 1. The Morgan fingerprint density at radius 1 is 1.55 bits per heavy atom. The smallest absolute Gasteiger partial charge is 0.142 e. The van der Waals surface area contributed by atoms with Crippen molar-refractivity contribution in [3.05, 3.63) is 24.3 Å². The van der Waals surface area contributed by atoms with Crippen LogP contribution < -0.4 is 10.1 Å². The third kappa shape index (κ3) is 1.29. The largest absolute Gasteiger partial charge is 0.491 e. The second-order valence-electron chi connectivity index (χ2n) is 2.55. The van der Waals surface area contributed by atoms with Crippen LogP contribution in [0.4, 0.5) is 5.69 Å². The van der Waals surface area contributed by atoms with Gasteiger partial charge in [-0.1, -0.05) is 6.07 Å². The highest BCUT2D eigenvalue weighted by molar-refractivity contribution is 5.56. The van der Waals surface area contributed by atoms with Crippen LogP contribution in [0.3, 0.4) is 0 Å². The van der Waals surface area contributed by atoms with Gasteiger partial charge in [-0.3, -0.25) is 0 Å². The van der Waals surface area contributed by atoms with Gasteiger partial charge in [0.1, 0.15) is 5.75 Å². The molecule has 0 aliphatic carbocycles. The van der Waals surface area contributed by atoms with E-state index in [-0.39, 0.29) is 0 Å². The lowest BCUT2D eigenvalue weighted by Gasteiger charge is -2.04. The second kappa shape index (κ2) is 2.82. The summed E-state index contributed by atoms with van der Waals surface area (Å²) in [4.78, 5) is 0. The molecule has 0 bridgehead atoms. The van der Waals surface area contributed by atoms with E-state index in [1.54, 1.807) is 0 Å². The summed E-state index contributed by atoms with van der Waals surface area (Å²) in [6.45, 7) is 1.80. The third-order valence-corrected chi connectivity index (χ3v) is 1.72. The van der Waals surface area contributed by atoms with Crippen molar-refractivity contribution in [1.29, 1.82) is 0 Å². The molecule has 1 heterocycles. The zero-order valence-electron chi connectivity index (χ0n) is 6.26. The maximum Gasteiger partial charge on any atom is 0.142 e. The molecule has 0 spiro atoms. The predicted molar refractivity (Wildman–Crippen MR) is 43.9 cm³/mol. The van der Waals surface area contributed by atoms with Crippen LogP contribution in [0.5, 0.6) is 5.75 Å². The first-order valence-corrected chi connectivity index (χ1v) is 3.83. The van der Waals surface area contributed by atoms with Gasteiger partial charge in [0.05, 0.1) is 12.3 Å². The zero-order chi connectivity index (χ0) is 7.52. The van der Waals surface area contributed by atoms with Crippen LogP contribution in [0.15, 0.2) is 18.2 Å². The summed E-state index contributed by atoms with van der Waals surface area (Å²) in [6.07, 6.45) is 1.06. The Labute approximate surface area is 66.2 Å². The van der Waals surface area contributed by atoms with Gasteiger partial charge in [0.15, 0.2) is 0 Å². The second-order valence-corrected chi connectivity index (χ2v) is 2.55. The van der Waals surface area contributed by atoms with Gasteiger partial charge in [-0.15, -0.1) is 0 Å². The Hall–Kier alpha value is -1.18.